The fraction of sp³-hybridized carbons (Fsp3) is 0.477. The van der Waals surface area contributed by atoms with Crippen molar-refractivity contribution in [3.63, 3.8) is 0 Å². The summed E-state index contributed by atoms with van der Waals surface area (Å²) in [5, 5.41) is 8.90. The number of benzene rings is 4. The molecule has 0 aromatic heterocycles. The van der Waals surface area contributed by atoms with Gasteiger partial charge < -0.3 is 38.7 Å². The van der Waals surface area contributed by atoms with Crippen molar-refractivity contribution in [2.45, 2.75) is 270 Å². The minimum absolute atomic E-state index is 0.145. The number of carbonyl (C=O) groups is 8. The number of nitrogens with one attached hydrogen (secondary N) is 6. The van der Waals surface area contributed by atoms with Crippen LogP contribution in [0.25, 0.3) is 0 Å². The highest BCUT2D eigenvalue weighted by Gasteiger charge is 2.38. The van der Waals surface area contributed by atoms with Gasteiger partial charge >= 0.3 is 47.8 Å². The Kier molecular flexibility index (Phi) is 26.9. The molecule has 0 spiro atoms. The first-order chi connectivity index (χ1) is 54.5. The molecule has 0 heterocycles. The Hall–Kier alpha value is -10.8. The van der Waals surface area contributed by atoms with Crippen LogP contribution in [0.4, 0.5) is 0 Å². The maximum absolute atomic E-state index is 15.6. The standard InChI is InChI=1S/C88H104N8O16/c1-53-65-45-67(75(83(99)107-91-59-33-17-7-18-34-59)49-73(65)81(97)105-89-57-29-13-5-14-30-57)54(2)69-47-71(79(87(103)111-95-63-41-25-11-26-42-63)51-77(69)85(101)109-93-61-37-21-9-22-38-61)56(4)72-48-70(78(86(102)110-94-62-39-23-10-24-40-62)52-80(72)88(104)112-96-64-43-27-12-28-44-64)55(3)68-46-66(53)74(82(98)106-90-58-31-15-6-16-32-58)50-76(68)84(100)108-92-60-35-19-8-20-36-60/h29,31,33,35,37,41,45-56,89-93,95H,5-28,30,32,34,36,38-40,42-44H2,1-4H3. The second kappa shape index (κ2) is 38.0. The molecule has 112 heavy (non-hydrogen) atoms. The van der Waals surface area contributed by atoms with Crippen LogP contribution >= 0.6 is 0 Å². The Labute approximate surface area is 654 Å². The van der Waals surface area contributed by atoms with Crippen molar-refractivity contribution in [3.05, 3.63) is 208 Å². The van der Waals surface area contributed by atoms with Gasteiger partial charge in [0.25, 0.3) is 0 Å². The number of nitrogens with zero attached hydrogens (tertiary/aromatic N) is 2. The number of hydrogen-bond donors (Lipinski definition) is 6. The molecule has 8 bridgehead atoms. The first-order valence-electron chi connectivity index (χ1n) is 40.8. The fourth-order valence-corrected chi connectivity index (χ4v) is 16.5. The van der Waals surface area contributed by atoms with E-state index in [2.05, 4.69) is 43.2 Å². The summed E-state index contributed by atoms with van der Waals surface area (Å²) in [5.41, 5.74) is 23.1. The highest BCUT2D eigenvalue weighted by molar-refractivity contribution is 6.03. The van der Waals surface area contributed by atoms with Gasteiger partial charge in [0.2, 0.25) is 0 Å². The molecule has 0 radical (unpaired) electrons. The second-order valence-corrected chi connectivity index (χ2v) is 31.0. The molecule has 0 saturated heterocycles. The van der Waals surface area contributed by atoms with Crippen LogP contribution in [0, 0.1) is 0 Å². The summed E-state index contributed by atoms with van der Waals surface area (Å²) in [6.45, 7) is 7.04. The number of hydroxylamine groups is 6. The third-order valence-corrected chi connectivity index (χ3v) is 23.1. The van der Waals surface area contributed by atoms with Crippen molar-refractivity contribution in [2.75, 3.05) is 0 Å². The molecular weight excluding hydrogens is 1430 g/mol. The predicted octanol–water partition coefficient (Wildman–Crippen LogP) is 18.3. The van der Waals surface area contributed by atoms with Gasteiger partial charge in [0.1, 0.15) is 0 Å². The van der Waals surface area contributed by atoms with Crippen molar-refractivity contribution >= 4 is 59.2 Å². The first kappa shape index (κ1) is 79.3. The van der Waals surface area contributed by atoms with Crippen LogP contribution in [-0.4, -0.2) is 59.2 Å². The van der Waals surface area contributed by atoms with Gasteiger partial charge in [0, 0.05) is 57.9 Å². The summed E-state index contributed by atoms with van der Waals surface area (Å²) in [6, 6.07) is 12.1. The minimum Gasteiger partial charge on any atom is -0.338 e. The largest absolute Gasteiger partial charge is 0.366 e. The van der Waals surface area contributed by atoms with E-state index in [0.29, 0.717) is 110 Å². The Morgan fingerprint density at radius 1 is 0.241 bits per heavy atom. The highest BCUT2D eigenvalue weighted by Crippen LogP contribution is 2.45. The van der Waals surface area contributed by atoms with E-state index in [1.54, 1.807) is 52.0 Å². The predicted molar refractivity (Wildman–Crippen MR) is 418 cm³/mol. The van der Waals surface area contributed by atoms with Crippen LogP contribution in [0.2, 0.25) is 0 Å². The van der Waals surface area contributed by atoms with E-state index in [4.69, 9.17) is 38.7 Å². The van der Waals surface area contributed by atoms with Crippen LogP contribution in [0.3, 0.4) is 0 Å². The Balaban J connectivity index is 1.11. The SMILES string of the molecule is CC1c2cc(c(C(=O)ON=C3CCCCC3)cc2C(=O)ON=C2CCCCC2)C(C)c2cc(c(C(=O)ONC3=CCCCC3)cc2C(=O)ONC2=CCCCC2)C(C)c2cc(c(C(=O)ONC3=CCCCC3)cc2C(=O)ONC2=CCCCC2)C(C)c2cc1c(C(=O)ONC1=CCCCC1)cc2C(=O)ONC1=CCCCC1. The van der Waals surface area contributed by atoms with E-state index in [1.807, 2.05) is 36.5 Å². The third kappa shape index (κ3) is 19.6. The maximum Gasteiger partial charge on any atom is 0.366 e. The highest BCUT2D eigenvalue weighted by atomic mass is 16.7. The van der Waals surface area contributed by atoms with E-state index < -0.39 is 71.4 Å². The van der Waals surface area contributed by atoms with Crippen LogP contribution in [0.1, 0.15) is 397 Å². The average Bonchev–Trinajstić information content (AvgIpc) is 0.739. The fourth-order valence-electron chi connectivity index (χ4n) is 16.5. The van der Waals surface area contributed by atoms with Crippen LogP contribution in [-0.2, 0) is 38.7 Å². The van der Waals surface area contributed by atoms with E-state index in [0.717, 1.165) is 154 Å². The molecule has 24 nitrogen and oxygen atoms in total. The smallest absolute Gasteiger partial charge is 0.338 e. The van der Waals surface area contributed by atoms with E-state index in [9.17, 15) is 0 Å². The molecule has 2 saturated carbocycles. The Morgan fingerprint density at radius 2 is 0.420 bits per heavy atom. The summed E-state index contributed by atoms with van der Waals surface area (Å²) in [7, 11) is 0. The zero-order chi connectivity index (χ0) is 78.0. The van der Waals surface area contributed by atoms with Gasteiger partial charge in [-0.2, -0.15) is 0 Å². The molecule has 2 fully saturated rings. The van der Waals surface area contributed by atoms with Gasteiger partial charge in [-0.05, 0) is 274 Å². The molecule has 4 atom stereocenters. The number of allylic oxidation sites excluding steroid dienone is 12. The van der Waals surface area contributed by atoms with Crippen molar-refractivity contribution in [3.8, 4) is 0 Å². The van der Waals surface area contributed by atoms with Gasteiger partial charge in [-0.1, -0.05) is 112 Å². The summed E-state index contributed by atoms with van der Waals surface area (Å²) in [5.74, 6) is -12.0. The number of oxime groups is 2. The van der Waals surface area contributed by atoms with Crippen LogP contribution in [0.5, 0.6) is 0 Å². The maximum atomic E-state index is 15.6. The molecule has 13 rings (SSSR count). The lowest BCUT2D eigenvalue weighted by atomic mass is 9.75. The lowest BCUT2D eigenvalue weighted by Crippen LogP contribution is -2.27. The Morgan fingerprint density at radius 3 is 0.598 bits per heavy atom. The normalized spacial score (nSPS) is 20.4. The average molecular weight is 1530 g/mol. The van der Waals surface area contributed by atoms with Crippen molar-refractivity contribution in [1.29, 1.82) is 0 Å². The van der Waals surface area contributed by atoms with Gasteiger partial charge in [0.05, 0.1) is 55.9 Å². The quantitative estimate of drug-likeness (QED) is 0.0242. The topological polar surface area (TPSA) is 307 Å². The van der Waals surface area contributed by atoms with E-state index in [-0.39, 0.29) is 89.0 Å². The third-order valence-electron chi connectivity index (χ3n) is 23.1. The van der Waals surface area contributed by atoms with Gasteiger partial charge in [0.15, 0.2) is 0 Å². The van der Waals surface area contributed by atoms with Crippen LogP contribution < -0.4 is 32.9 Å². The molecule has 6 N–H and O–H groups in total. The molecule has 9 aliphatic rings. The monoisotopic (exact) mass is 1530 g/mol. The van der Waals surface area contributed by atoms with Gasteiger partial charge in [-0.25, -0.2) is 71.2 Å². The molecule has 0 aliphatic heterocycles. The molecule has 9 aliphatic carbocycles. The number of hydrogen-bond acceptors (Lipinski definition) is 24. The minimum atomic E-state index is -1.14. The molecule has 0 amide bonds. The zero-order valence-electron chi connectivity index (χ0n) is 64.9. The van der Waals surface area contributed by atoms with Crippen molar-refractivity contribution in [2.24, 2.45) is 10.3 Å². The van der Waals surface area contributed by atoms with E-state index >= 15 is 38.4 Å². The molecule has 592 valence electrons. The lowest BCUT2D eigenvalue weighted by molar-refractivity contribution is 0.0293. The van der Waals surface area contributed by atoms with Gasteiger partial charge in [-0.3, -0.25) is 0 Å². The van der Waals surface area contributed by atoms with Crippen molar-refractivity contribution < 1.29 is 77.1 Å². The Bertz CT molecular complexity index is 4270. The molecule has 4 aromatic rings. The summed E-state index contributed by atoms with van der Waals surface area (Å²) >= 11 is 0. The summed E-state index contributed by atoms with van der Waals surface area (Å²) in [6.07, 6.45) is 38.0. The molecule has 24 heteroatoms. The van der Waals surface area contributed by atoms with Gasteiger partial charge in [-0.15, -0.1) is 0 Å². The number of fused-ring (bicyclic) bond motifs is 8. The molecule has 4 unspecified atom stereocenters. The molecule has 4 aromatic carbocycles. The second-order valence-electron chi connectivity index (χ2n) is 31.0. The lowest BCUT2D eigenvalue weighted by Gasteiger charge is -2.29. The first-order valence-corrected chi connectivity index (χ1v) is 40.8. The summed E-state index contributed by atoms with van der Waals surface area (Å²) < 4.78 is 0. The molecular formula is C88H104N8O16. The number of rotatable bonds is 22. The van der Waals surface area contributed by atoms with Crippen molar-refractivity contribution in [1.82, 2.24) is 32.9 Å². The summed E-state index contributed by atoms with van der Waals surface area (Å²) in [4.78, 5) is 174. The zero-order valence-corrected chi connectivity index (χ0v) is 64.9. The van der Waals surface area contributed by atoms with Crippen LogP contribution in [0.15, 0.2) is 129 Å². The van der Waals surface area contributed by atoms with E-state index in [1.165, 1.54) is 24.3 Å². The number of carbonyl (C=O) groups excluding carboxylic acids is 8.